The first-order chi connectivity index (χ1) is 8.10. The first-order valence-electron chi connectivity index (χ1n) is 5.56. The fourth-order valence-electron chi connectivity index (χ4n) is 1.43. The third-order valence-corrected chi connectivity index (χ3v) is 2.41. The molecule has 92 valence electrons. The van der Waals surface area contributed by atoms with E-state index in [2.05, 4.69) is 21.9 Å². The van der Waals surface area contributed by atoms with E-state index in [-0.39, 0.29) is 17.2 Å². The molecule has 0 amide bonds. The van der Waals surface area contributed by atoms with Crippen LogP contribution < -0.4 is 0 Å². The van der Waals surface area contributed by atoms with E-state index in [0.717, 1.165) is 18.4 Å². The van der Waals surface area contributed by atoms with Crippen LogP contribution in [0.3, 0.4) is 0 Å². The molecule has 0 N–H and O–H groups in total. The Morgan fingerprint density at radius 1 is 1.35 bits per heavy atom. The number of hydrogen-bond acceptors (Lipinski definition) is 5. The van der Waals surface area contributed by atoms with Crippen LogP contribution in [0.15, 0.2) is 6.07 Å². The lowest BCUT2D eigenvalue weighted by Crippen LogP contribution is -2.13. The number of nitrogens with zero attached hydrogens (tertiary/aromatic N) is 2. The molecular formula is C12H16N2O3. The molecule has 0 aromatic carbocycles. The highest BCUT2D eigenvalue weighted by Crippen LogP contribution is 2.12. The summed E-state index contributed by atoms with van der Waals surface area (Å²) in [5.74, 6) is -0.676. The third-order valence-electron chi connectivity index (χ3n) is 2.41. The molecule has 0 bridgehead atoms. The molecule has 0 radical (unpaired) electrons. The van der Waals surface area contributed by atoms with Crippen LogP contribution in [0.25, 0.3) is 0 Å². The zero-order chi connectivity index (χ0) is 12.8. The minimum atomic E-state index is -0.515. The highest BCUT2D eigenvalue weighted by Gasteiger charge is 2.16. The summed E-state index contributed by atoms with van der Waals surface area (Å²) >= 11 is 0. The Morgan fingerprint density at radius 3 is 2.59 bits per heavy atom. The van der Waals surface area contributed by atoms with Gasteiger partial charge in [0.2, 0.25) is 0 Å². The van der Waals surface area contributed by atoms with Gasteiger partial charge in [-0.05, 0) is 24.5 Å². The van der Waals surface area contributed by atoms with Crippen LogP contribution in [0.5, 0.6) is 0 Å². The van der Waals surface area contributed by atoms with E-state index in [0.29, 0.717) is 6.42 Å². The van der Waals surface area contributed by atoms with Crippen molar-refractivity contribution in [2.45, 2.75) is 33.1 Å². The van der Waals surface area contributed by atoms with Crippen molar-refractivity contribution in [1.29, 1.82) is 0 Å². The lowest BCUT2D eigenvalue weighted by molar-refractivity contribution is 0.0590. The number of carbonyl (C=O) groups is 2. The van der Waals surface area contributed by atoms with Crippen molar-refractivity contribution in [1.82, 2.24) is 10.2 Å². The number of hydrogen-bond donors (Lipinski definition) is 0. The minimum Gasteiger partial charge on any atom is -0.464 e. The Labute approximate surface area is 100 Å². The van der Waals surface area contributed by atoms with Crippen LogP contribution in [0.4, 0.5) is 0 Å². The number of methoxy groups -OCH3 is 1. The number of esters is 1. The summed E-state index contributed by atoms with van der Waals surface area (Å²) < 4.78 is 4.63. The van der Waals surface area contributed by atoms with E-state index < -0.39 is 5.97 Å². The van der Waals surface area contributed by atoms with Gasteiger partial charge in [0.1, 0.15) is 5.69 Å². The van der Waals surface area contributed by atoms with Crippen molar-refractivity contribution in [3.05, 3.63) is 23.0 Å². The Bertz CT molecular complexity index is 430. The maximum atomic E-state index is 11.5. The molecule has 17 heavy (non-hydrogen) atoms. The summed E-state index contributed by atoms with van der Waals surface area (Å²) in [5, 5.41) is 7.49. The number of ketones is 1. The largest absolute Gasteiger partial charge is 0.464 e. The van der Waals surface area contributed by atoms with Gasteiger partial charge in [0.05, 0.1) is 7.11 Å². The van der Waals surface area contributed by atoms with Gasteiger partial charge in [0.25, 0.3) is 0 Å². The van der Waals surface area contributed by atoms with Gasteiger partial charge < -0.3 is 4.74 Å². The van der Waals surface area contributed by atoms with Crippen LogP contribution in [0.1, 0.15) is 53.2 Å². The third kappa shape index (κ3) is 3.34. The second-order valence-corrected chi connectivity index (χ2v) is 3.75. The topological polar surface area (TPSA) is 69.2 Å². The summed E-state index contributed by atoms with van der Waals surface area (Å²) in [5.41, 5.74) is 1.20. The van der Waals surface area contributed by atoms with Crippen LogP contribution in [-0.4, -0.2) is 29.1 Å². The molecule has 1 heterocycles. The van der Waals surface area contributed by atoms with Gasteiger partial charge in [0, 0.05) is 6.92 Å². The van der Waals surface area contributed by atoms with Gasteiger partial charge in [-0.2, -0.15) is 0 Å². The van der Waals surface area contributed by atoms with Gasteiger partial charge in [0.15, 0.2) is 11.5 Å². The number of aryl methyl sites for hydroxylation is 1. The first kappa shape index (κ1) is 13.3. The maximum Gasteiger partial charge on any atom is 0.358 e. The maximum absolute atomic E-state index is 11.5. The van der Waals surface area contributed by atoms with Crippen LogP contribution >= 0.6 is 0 Å². The monoisotopic (exact) mass is 236 g/mol. The van der Waals surface area contributed by atoms with Gasteiger partial charge >= 0.3 is 5.97 Å². The number of Topliss-reactive ketones (excluding diaryl/α,β-unsaturated/α-hetero) is 1. The second-order valence-electron chi connectivity index (χ2n) is 3.75. The van der Waals surface area contributed by atoms with Crippen LogP contribution in [0, 0.1) is 0 Å². The SMILES string of the molecule is CCCCc1cc(C(C)=O)nnc1C(=O)OC. The number of rotatable bonds is 5. The van der Waals surface area contributed by atoms with Crippen molar-refractivity contribution in [2.75, 3.05) is 7.11 Å². The van der Waals surface area contributed by atoms with Gasteiger partial charge in [-0.3, -0.25) is 4.79 Å². The molecule has 0 aliphatic carbocycles. The quantitative estimate of drug-likeness (QED) is 0.576. The van der Waals surface area contributed by atoms with Crippen molar-refractivity contribution >= 4 is 11.8 Å². The zero-order valence-corrected chi connectivity index (χ0v) is 10.3. The molecule has 0 fully saturated rings. The van der Waals surface area contributed by atoms with Crippen molar-refractivity contribution < 1.29 is 14.3 Å². The number of aromatic nitrogens is 2. The fourth-order valence-corrected chi connectivity index (χ4v) is 1.43. The molecular weight excluding hydrogens is 220 g/mol. The van der Waals surface area contributed by atoms with Crippen LogP contribution in [0.2, 0.25) is 0 Å². The number of ether oxygens (including phenoxy) is 1. The van der Waals surface area contributed by atoms with Gasteiger partial charge in [-0.15, -0.1) is 10.2 Å². The summed E-state index contributed by atoms with van der Waals surface area (Å²) in [7, 11) is 1.30. The highest BCUT2D eigenvalue weighted by atomic mass is 16.5. The summed E-state index contributed by atoms with van der Waals surface area (Å²) in [6.45, 7) is 3.48. The molecule has 1 aromatic rings. The molecule has 0 aliphatic rings. The molecule has 0 spiro atoms. The molecule has 0 saturated carbocycles. The summed E-state index contributed by atoms with van der Waals surface area (Å²) in [4.78, 5) is 22.7. The molecule has 0 saturated heterocycles. The smallest absolute Gasteiger partial charge is 0.358 e. The lowest BCUT2D eigenvalue weighted by Gasteiger charge is -2.06. The van der Waals surface area contributed by atoms with E-state index in [4.69, 9.17) is 0 Å². The molecule has 0 aliphatic heterocycles. The van der Waals surface area contributed by atoms with Gasteiger partial charge in [-0.25, -0.2) is 4.79 Å². The van der Waals surface area contributed by atoms with Crippen LogP contribution in [-0.2, 0) is 11.2 Å². The Kier molecular flexibility index (Phi) is 4.75. The standard InChI is InChI=1S/C12H16N2O3/c1-4-5-6-9-7-10(8(2)15)13-14-11(9)12(16)17-3/h7H,4-6H2,1-3H3. The van der Waals surface area contributed by atoms with E-state index in [1.165, 1.54) is 14.0 Å². The molecule has 0 atom stereocenters. The minimum absolute atomic E-state index is 0.160. The second kappa shape index (κ2) is 6.08. The molecule has 1 aromatic heterocycles. The van der Waals surface area contributed by atoms with Crippen molar-refractivity contribution in [3.63, 3.8) is 0 Å². The summed E-state index contributed by atoms with van der Waals surface area (Å²) in [6, 6.07) is 1.62. The number of unbranched alkanes of at least 4 members (excludes halogenated alkanes) is 1. The van der Waals surface area contributed by atoms with E-state index in [9.17, 15) is 9.59 Å². The summed E-state index contributed by atoms with van der Waals surface area (Å²) in [6.07, 6.45) is 2.61. The van der Waals surface area contributed by atoms with Crippen molar-refractivity contribution in [2.24, 2.45) is 0 Å². The highest BCUT2D eigenvalue weighted by molar-refractivity contribution is 5.94. The first-order valence-corrected chi connectivity index (χ1v) is 5.56. The van der Waals surface area contributed by atoms with E-state index in [1.54, 1.807) is 6.07 Å². The molecule has 5 heteroatoms. The Hall–Kier alpha value is -1.78. The predicted molar refractivity (Wildman–Crippen MR) is 62.0 cm³/mol. The fraction of sp³-hybridized carbons (Fsp3) is 0.500. The lowest BCUT2D eigenvalue weighted by atomic mass is 10.1. The average molecular weight is 236 g/mol. The van der Waals surface area contributed by atoms with E-state index in [1.807, 2.05) is 0 Å². The molecule has 1 rings (SSSR count). The average Bonchev–Trinajstić information content (AvgIpc) is 2.34. The predicted octanol–water partition coefficient (Wildman–Crippen LogP) is 1.81. The Morgan fingerprint density at radius 2 is 2.06 bits per heavy atom. The van der Waals surface area contributed by atoms with Gasteiger partial charge in [-0.1, -0.05) is 13.3 Å². The molecule has 5 nitrogen and oxygen atoms in total. The number of carbonyl (C=O) groups excluding carboxylic acids is 2. The van der Waals surface area contributed by atoms with E-state index >= 15 is 0 Å². The Balaban J connectivity index is 3.11. The molecule has 0 unspecified atom stereocenters. The van der Waals surface area contributed by atoms with Crippen molar-refractivity contribution in [3.8, 4) is 0 Å². The normalized spacial score (nSPS) is 10.1. The zero-order valence-electron chi connectivity index (χ0n) is 10.3.